The number of nitrogens with zero attached hydrogens (tertiary/aromatic N) is 4. The Morgan fingerprint density at radius 2 is 2.24 bits per heavy atom. The van der Waals surface area contributed by atoms with Gasteiger partial charge in [-0.2, -0.15) is 4.98 Å². The van der Waals surface area contributed by atoms with Crippen molar-refractivity contribution in [1.29, 1.82) is 0 Å². The fourth-order valence-corrected chi connectivity index (χ4v) is 1.39. The highest BCUT2D eigenvalue weighted by molar-refractivity contribution is 5.46. The summed E-state index contributed by atoms with van der Waals surface area (Å²) in [6.45, 7) is 3.84. The molecule has 1 unspecified atom stereocenters. The molecule has 0 aliphatic heterocycles. The first-order chi connectivity index (χ1) is 8.19. The van der Waals surface area contributed by atoms with E-state index in [0.29, 0.717) is 29.7 Å². The molecule has 6 heteroatoms. The van der Waals surface area contributed by atoms with Crippen molar-refractivity contribution in [2.24, 2.45) is 5.73 Å². The summed E-state index contributed by atoms with van der Waals surface area (Å²) in [4.78, 5) is 12.5. The maximum atomic E-state index is 5.82. The van der Waals surface area contributed by atoms with Gasteiger partial charge in [0.25, 0.3) is 0 Å². The standard InChI is InChI=1S/C11H15N5O/c1-3-8(12)6-10-15-11(16-17-10)9-4-5-13-7(2)14-9/h4-5,8H,3,6,12H2,1-2H3. The van der Waals surface area contributed by atoms with Crippen LogP contribution in [0.3, 0.4) is 0 Å². The van der Waals surface area contributed by atoms with Crippen LogP contribution in [0.25, 0.3) is 11.5 Å². The van der Waals surface area contributed by atoms with Gasteiger partial charge in [-0.1, -0.05) is 12.1 Å². The molecule has 90 valence electrons. The molecule has 0 amide bonds. The van der Waals surface area contributed by atoms with Crippen molar-refractivity contribution in [3.63, 3.8) is 0 Å². The van der Waals surface area contributed by atoms with Gasteiger partial charge in [0.1, 0.15) is 11.5 Å². The van der Waals surface area contributed by atoms with Crippen LogP contribution in [-0.2, 0) is 6.42 Å². The van der Waals surface area contributed by atoms with E-state index in [4.69, 9.17) is 10.3 Å². The Morgan fingerprint density at radius 3 is 2.94 bits per heavy atom. The number of hydrogen-bond acceptors (Lipinski definition) is 6. The smallest absolute Gasteiger partial charge is 0.228 e. The number of nitrogens with two attached hydrogens (primary N) is 1. The third-order valence-corrected chi connectivity index (χ3v) is 2.43. The van der Waals surface area contributed by atoms with Gasteiger partial charge in [-0.25, -0.2) is 9.97 Å². The molecule has 0 aliphatic carbocycles. The van der Waals surface area contributed by atoms with Crippen LogP contribution in [0.5, 0.6) is 0 Å². The van der Waals surface area contributed by atoms with Gasteiger partial charge in [-0.3, -0.25) is 0 Å². The molecule has 0 spiro atoms. The normalized spacial score (nSPS) is 12.6. The fraction of sp³-hybridized carbons (Fsp3) is 0.455. The third kappa shape index (κ3) is 2.85. The van der Waals surface area contributed by atoms with E-state index in [0.717, 1.165) is 6.42 Å². The quantitative estimate of drug-likeness (QED) is 0.850. The van der Waals surface area contributed by atoms with E-state index in [1.807, 2.05) is 13.8 Å². The number of aromatic nitrogens is 4. The van der Waals surface area contributed by atoms with Gasteiger partial charge in [0, 0.05) is 18.7 Å². The van der Waals surface area contributed by atoms with Gasteiger partial charge in [0.05, 0.1) is 0 Å². The predicted octanol–water partition coefficient (Wildman–Crippen LogP) is 1.11. The summed E-state index contributed by atoms with van der Waals surface area (Å²) in [5, 5.41) is 3.88. The zero-order chi connectivity index (χ0) is 12.3. The molecule has 6 nitrogen and oxygen atoms in total. The second-order valence-corrected chi connectivity index (χ2v) is 3.87. The summed E-state index contributed by atoms with van der Waals surface area (Å²) in [5.41, 5.74) is 6.49. The SMILES string of the molecule is CCC(N)Cc1nc(-c2ccnc(C)n2)no1. The lowest BCUT2D eigenvalue weighted by Crippen LogP contribution is -2.21. The molecule has 0 radical (unpaired) electrons. The van der Waals surface area contributed by atoms with E-state index in [-0.39, 0.29) is 6.04 Å². The second kappa shape index (κ2) is 5.01. The van der Waals surface area contributed by atoms with E-state index in [2.05, 4.69) is 20.1 Å². The van der Waals surface area contributed by atoms with Crippen molar-refractivity contribution in [3.8, 4) is 11.5 Å². The summed E-state index contributed by atoms with van der Waals surface area (Å²) in [6, 6.07) is 1.80. The molecule has 2 heterocycles. The summed E-state index contributed by atoms with van der Waals surface area (Å²) in [5.74, 6) is 1.71. The fourth-order valence-electron chi connectivity index (χ4n) is 1.39. The molecule has 1 atom stereocenters. The van der Waals surface area contributed by atoms with Crippen molar-refractivity contribution >= 4 is 0 Å². The summed E-state index contributed by atoms with van der Waals surface area (Å²) < 4.78 is 5.13. The Bertz CT molecular complexity index is 496. The average molecular weight is 233 g/mol. The highest BCUT2D eigenvalue weighted by Crippen LogP contribution is 2.13. The highest BCUT2D eigenvalue weighted by atomic mass is 16.5. The van der Waals surface area contributed by atoms with Crippen molar-refractivity contribution < 1.29 is 4.52 Å². The van der Waals surface area contributed by atoms with Crippen molar-refractivity contribution in [2.45, 2.75) is 32.7 Å². The highest BCUT2D eigenvalue weighted by Gasteiger charge is 2.12. The topological polar surface area (TPSA) is 90.7 Å². The van der Waals surface area contributed by atoms with Gasteiger partial charge in [0.15, 0.2) is 0 Å². The Balaban J connectivity index is 2.18. The van der Waals surface area contributed by atoms with Crippen LogP contribution in [0.15, 0.2) is 16.8 Å². The lowest BCUT2D eigenvalue weighted by Gasteiger charge is -2.02. The number of aryl methyl sites for hydroxylation is 1. The maximum absolute atomic E-state index is 5.82. The van der Waals surface area contributed by atoms with Crippen molar-refractivity contribution in [3.05, 3.63) is 24.0 Å². The Morgan fingerprint density at radius 1 is 1.41 bits per heavy atom. The molecule has 2 aromatic heterocycles. The first-order valence-corrected chi connectivity index (χ1v) is 5.57. The molecule has 0 fully saturated rings. The van der Waals surface area contributed by atoms with Crippen LogP contribution in [-0.4, -0.2) is 26.2 Å². The van der Waals surface area contributed by atoms with E-state index in [9.17, 15) is 0 Å². The molecule has 0 bridgehead atoms. The maximum Gasteiger partial charge on any atom is 0.228 e. The van der Waals surface area contributed by atoms with Crippen LogP contribution >= 0.6 is 0 Å². The van der Waals surface area contributed by atoms with E-state index in [1.165, 1.54) is 0 Å². The molecule has 0 aliphatic rings. The minimum Gasteiger partial charge on any atom is -0.339 e. The monoisotopic (exact) mass is 233 g/mol. The van der Waals surface area contributed by atoms with E-state index >= 15 is 0 Å². The summed E-state index contributed by atoms with van der Waals surface area (Å²) in [6.07, 6.45) is 3.14. The molecule has 17 heavy (non-hydrogen) atoms. The van der Waals surface area contributed by atoms with Crippen molar-refractivity contribution in [1.82, 2.24) is 20.1 Å². The molecular formula is C11H15N5O. The van der Waals surface area contributed by atoms with Gasteiger partial charge >= 0.3 is 0 Å². The molecule has 2 rings (SSSR count). The minimum absolute atomic E-state index is 0.0513. The molecule has 2 aromatic rings. The van der Waals surface area contributed by atoms with Gasteiger partial charge in [-0.15, -0.1) is 0 Å². The number of hydrogen-bond donors (Lipinski definition) is 1. The van der Waals surface area contributed by atoms with E-state index in [1.54, 1.807) is 12.3 Å². The zero-order valence-electron chi connectivity index (χ0n) is 9.92. The minimum atomic E-state index is 0.0513. The third-order valence-electron chi connectivity index (χ3n) is 2.43. The van der Waals surface area contributed by atoms with Crippen LogP contribution < -0.4 is 5.73 Å². The first-order valence-electron chi connectivity index (χ1n) is 5.57. The molecular weight excluding hydrogens is 218 g/mol. The lowest BCUT2D eigenvalue weighted by atomic mass is 10.2. The summed E-state index contributed by atoms with van der Waals surface area (Å²) in [7, 11) is 0. The van der Waals surface area contributed by atoms with Crippen LogP contribution in [0, 0.1) is 6.92 Å². The van der Waals surface area contributed by atoms with E-state index < -0.39 is 0 Å². The van der Waals surface area contributed by atoms with Gasteiger partial charge in [0.2, 0.25) is 11.7 Å². The van der Waals surface area contributed by atoms with Crippen molar-refractivity contribution in [2.75, 3.05) is 0 Å². The molecule has 0 saturated carbocycles. The zero-order valence-corrected chi connectivity index (χ0v) is 9.92. The van der Waals surface area contributed by atoms with Crippen LogP contribution in [0.2, 0.25) is 0 Å². The molecule has 0 aromatic carbocycles. The van der Waals surface area contributed by atoms with Gasteiger partial charge in [-0.05, 0) is 19.4 Å². The molecule has 0 saturated heterocycles. The molecule has 2 N–H and O–H groups in total. The Labute approximate surface area is 99.3 Å². The first kappa shape index (κ1) is 11.7. The Hall–Kier alpha value is -1.82. The van der Waals surface area contributed by atoms with Crippen LogP contribution in [0.1, 0.15) is 25.1 Å². The van der Waals surface area contributed by atoms with Crippen LogP contribution in [0.4, 0.5) is 0 Å². The van der Waals surface area contributed by atoms with Gasteiger partial charge < -0.3 is 10.3 Å². The largest absolute Gasteiger partial charge is 0.339 e. The average Bonchev–Trinajstić information content (AvgIpc) is 2.77. The Kier molecular flexibility index (Phi) is 3.43. The second-order valence-electron chi connectivity index (χ2n) is 3.87. The number of rotatable bonds is 4. The summed E-state index contributed by atoms with van der Waals surface area (Å²) >= 11 is 0. The lowest BCUT2D eigenvalue weighted by molar-refractivity contribution is 0.367. The predicted molar refractivity (Wildman–Crippen MR) is 62.0 cm³/mol.